The lowest BCUT2D eigenvalue weighted by molar-refractivity contribution is 0.0786. The molecule has 2 heterocycles. The third kappa shape index (κ3) is 3.02. The third-order valence-electron chi connectivity index (χ3n) is 4.03. The van der Waals surface area contributed by atoms with Gasteiger partial charge in [0, 0.05) is 23.8 Å². The molecule has 112 valence electrons. The van der Waals surface area contributed by atoms with Crippen LogP contribution in [0.25, 0.3) is 0 Å². The van der Waals surface area contributed by atoms with Crippen LogP contribution in [0.3, 0.4) is 0 Å². The predicted octanol–water partition coefficient (Wildman–Crippen LogP) is 3.18. The van der Waals surface area contributed by atoms with Crippen molar-refractivity contribution < 1.29 is 4.79 Å². The smallest absolute Gasteiger partial charge is 0.264 e. The number of aromatic amines is 1. The Hall–Kier alpha value is -1.62. The van der Waals surface area contributed by atoms with E-state index in [0.717, 1.165) is 35.2 Å². The highest BCUT2D eigenvalue weighted by atomic mass is 32.1. The number of imidazole rings is 1. The molecular formula is C16H21N3OS. The molecule has 1 amide bonds. The number of aryl methyl sites for hydroxylation is 2. The van der Waals surface area contributed by atoms with Crippen molar-refractivity contribution in [1.82, 2.24) is 14.9 Å². The van der Waals surface area contributed by atoms with Crippen molar-refractivity contribution in [3.63, 3.8) is 0 Å². The molecule has 0 radical (unpaired) electrons. The highest BCUT2D eigenvalue weighted by Crippen LogP contribution is 2.32. The number of amides is 1. The monoisotopic (exact) mass is 303 g/mol. The first-order valence-electron chi connectivity index (χ1n) is 7.40. The van der Waals surface area contributed by atoms with Crippen molar-refractivity contribution in [1.29, 1.82) is 0 Å². The van der Waals surface area contributed by atoms with Crippen LogP contribution in [0.2, 0.25) is 0 Å². The number of carbonyl (C=O) groups excluding carboxylic acids is 1. The van der Waals surface area contributed by atoms with E-state index in [2.05, 4.69) is 23.0 Å². The molecule has 21 heavy (non-hydrogen) atoms. The molecule has 3 rings (SSSR count). The lowest BCUT2D eigenvalue weighted by Gasteiger charge is -2.16. The highest BCUT2D eigenvalue weighted by molar-refractivity contribution is 7.14. The summed E-state index contributed by atoms with van der Waals surface area (Å²) in [6.07, 6.45) is 5.26. The summed E-state index contributed by atoms with van der Waals surface area (Å²) < 4.78 is 0. The van der Waals surface area contributed by atoms with E-state index in [1.807, 2.05) is 14.0 Å². The van der Waals surface area contributed by atoms with Crippen LogP contribution in [-0.2, 0) is 19.4 Å². The summed E-state index contributed by atoms with van der Waals surface area (Å²) in [5.41, 5.74) is 2.40. The lowest BCUT2D eigenvalue weighted by Crippen LogP contribution is -2.26. The third-order valence-corrected chi connectivity index (χ3v) is 5.25. The molecular weight excluding hydrogens is 282 g/mol. The zero-order chi connectivity index (χ0) is 15.0. The Morgan fingerprint density at radius 2 is 2.38 bits per heavy atom. The van der Waals surface area contributed by atoms with Crippen LogP contribution in [0.4, 0.5) is 0 Å². The van der Waals surface area contributed by atoms with E-state index in [0.29, 0.717) is 6.54 Å². The Kier molecular flexibility index (Phi) is 3.85. The molecule has 1 N–H and O–H groups in total. The van der Waals surface area contributed by atoms with Gasteiger partial charge in [0.15, 0.2) is 0 Å². The number of carbonyl (C=O) groups is 1. The second-order valence-corrected chi connectivity index (χ2v) is 7.22. The Balaban J connectivity index is 1.72. The number of fused-ring (bicyclic) bond motifs is 1. The van der Waals surface area contributed by atoms with Gasteiger partial charge < -0.3 is 9.88 Å². The number of H-pyrrole nitrogens is 1. The topological polar surface area (TPSA) is 49.0 Å². The molecule has 0 saturated heterocycles. The van der Waals surface area contributed by atoms with Gasteiger partial charge in [-0.1, -0.05) is 6.92 Å². The molecule has 2 aromatic heterocycles. The maximum Gasteiger partial charge on any atom is 0.264 e. The molecule has 0 spiro atoms. The van der Waals surface area contributed by atoms with Crippen LogP contribution < -0.4 is 0 Å². The fourth-order valence-electron chi connectivity index (χ4n) is 2.84. The van der Waals surface area contributed by atoms with Gasteiger partial charge in [-0.3, -0.25) is 4.79 Å². The summed E-state index contributed by atoms with van der Waals surface area (Å²) in [4.78, 5) is 24.0. The van der Waals surface area contributed by atoms with Gasteiger partial charge >= 0.3 is 0 Å². The van der Waals surface area contributed by atoms with Gasteiger partial charge in [-0.15, -0.1) is 11.3 Å². The SMILES string of the molecule is Cc1cnc(CN(C)C(=O)c2cc3c(s2)CCC(C)C3)[nH]1. The van der Waals surface area contributed by atoms with E-state index in [9.17, 15) is 4.79 Å². The summed E-state index contributed by atoms with van der Waals surface area (Å²) in [5, 5.41) is 0. The van der Waals surface area contributed by atoms with Gasteiger partial charge in [-0.25, -0.2) is 4.98 Å². The van der Waals surface area contributed by atoms with Crippen LogP contribution in [0.15, 0.2) is 12.3 Å². The van der Waals surface area contributed by atoms with Crippen LogP contribution in [0, 0.1) is 12.8 Å². The van der Waals surface area contributed by atoms with Gasteiger partial charge in [0.25, 0.3) is 5.91 Å². The fraction of sp³-hybridized carbons (Fsp3) is 0.500. The van der Waals surface area contributed by atoms with E-state index in [-0.39, 0.29) is 5.91 Å². The van der Waals surface area contributed by atoms with Crippen LogP contribution in [0.1, 0.15) is 45.0 Å². The number of nitrogens with zero attached hydrogens (tertiary/aromatic N) is 2. The van der Waals surface area contributed by atoms with E-state index >= 15 is 0 Å². The molecule has 1 unspecified atom stereocenters. The standard InChI is InChI=1S/C16H21N3OS/c1-10-4-5-13-12(6-10)7-14(21-13)16(20)19(3)9-15-17-8-11(2)18-15/h7-8,10H,4-6,9H2,1-3H3,(H,17,18). The second-order valence-electron chi connectivity index (χ2n) is 6.08. The Labute approximate surface area is 129 Å². The van der Waals surface area contributed by atoms with Crippen molar-refractivity contribution in [2.45, 2.75) is 39.7 Å². The largest absolute Gasteiger partial charge is 0.345 e. The highest BCUT2D eigenvalue weighted by Gasteiger charge is 2.22. The molecule has 1 aliphatic rings. The lowest BCUT2D eigenvalue weighted by atomic mass is 9.90. The van der Waals surface area contributed by atoms with E-state index < -0.39 is 0 Å². The van der Waals surface area contributed by atoms with Gasteiger partial charge in [0.05, 0.1) is 11.4 Å². The minimum absolute atomic E-state index is 0.0936. The zero-order valence-corrected chi connectivity index (χ0v) is 13.6. The summed E-state index contributed by atoms with van der Waals surface area (Å²) in [7, 11) is 1.83. The molecule has 1 atom stereocenters. The predicted molar refractivity (Wildman–Crippen MR) is 84.6 cm³/mol. The number of thiophene rings is 1. The minimum Gasteiger partial charge on any atom is -0.345 e. The molecule has 1 aliphatic carbocycles. The van der Waals surface area contributed by atoms with Crippen molar-refractivity contribution in [2.24, 2.45) is 5.92 Å². The van der Waals surface area contributed by atoms with Crippen molar-refractivity contribution in [2.75, 3.05) is 7.05 Å². The Morgan fingerprint density at radius 3 is 3.10 bits per heavy atom. The number of rotatable bonds is 3. The van der Waals surface area contributed by atoms with Gasteiger partial charge in [-0.2, -0.15) is 0 Å². The van der Waals surface area contributed by atoms with Crippen LogP contribution in [0.5, 0.6) is 0 Å². The molecule has 0 fully saturated rings. The Morgan fingerprint density at radius 1 is 1.57 bits per heavy atom. The zero-order valence-electron chi connectivity index (χ0n) is 12.8. The van der Waals surface area contributed by atoms with Crippen LogP contribution >= 0.6 is 11.3 Å². The van der Waals surface area contributed by atoms with Crippen LogP contribution in [-0.4, -0.2) is 27.8 Å². The first-order chi connectivity index (χ1) is 10.0. The van der Waals surface area contributed by atoms with Crippen molar-refractivity contribution in [3.8, 4) is 0 Å². The normalized spacial score (nSPS) is 17.6. The number of nitrogens with one attached hydrogen (secondary N) is 1. The van der Waals surface area contributed by atoms with Gasteiger partial charge in [0.2, 0.25) is 0 Å². The van der Waals surface area contributed by atoms with E-state index in [4.69, 9.17) is 0 Å². The Bertz CT molecular complexity index is 658. The molecule has 4 nitrogen and oxygen atoms in total. The van der Waals surface area contributed by atoms with Gasteiger partial charge in [0.1, 0.15) is 5.82 Å². The number of aromatic nitrogens is 2. The van der Waals surface area contributed by atoms with Gasteiger partial charge in [-0.05, 0) is 43.7 Å². The summed E-state index contributed by atoms with van der Waals surface area (Å²) in [6, 6.07) is 2.10. The van der Waals surface area contributed by atoms with E-state index in [1.54, 1.807) is 22.4 Å². The quantitative estimate of drug-likeness (QED) is 0.946. The molecule has 0 bridgehead atoms. The van der Waals surface area contributed by atoms with Crippen molar-refractivity contribution >= 4 is 17.2 Å². The maximum atomic E-state index is 12.5. The second kappa shape index (κ2) is 5.64. The number of hydrogen-bond acceptors (Lipinski definition) is 3. The molecule has 5 heteroatoms. The summed E-state index contributed by atoms with van der Waals surface area (Å²) in [6.45, 7) is 4.77. The van der Waals surface area contributed by atoms with E-state index in [1.165, 1.54) is 16.9 Å². The summed E-state index contributed by atoms with van der Waals surface area (Å²) in [5.74, 6) is 1.66. The molecule has 2 aromatic rings. The average Bonchev–Trinajstić information content (AvgIpc) is 3.03. The average molecular weight is 303 g/mol. The maximum absolute atomic E-state index is 12.5. The number of hydrogen-bond donors (Lipinski definition) is 1. The fourth-order valence-corrected chi connectivity index (χ4v) is 4.05. The van der Waals surface area contributed by atoms with Crippen molar-refractivity contribution in [3.05, 3.63) is 39.1 Å². The molecule has 0 aliphatic heterocycles. The molecule has 0 aromatic carbocycles. The molecule has 0 saturated carbocycles. The summed E-state index contributed by atoms with van der Waals surface area (Å²) >= 11 is 1.67. The first-order valence-corrected chi connectivity index (χ1v) is 8.22. The first kappa shape index (κ1) is 14.3. The minimum atomic E-state index is 0.0936.